The second-order valence-corrected chi connectivity index (χ2v) is 14.4. The molecule has 0 saturated carbocycles. The van der Waals surface area contributed by atoms with Gasteiger partial charge in [-0.15, -0.1) is 0 Å². The summed E-state index contributed by atoms with van der Waals surface area (Å²) in [5.41, 5.74) is 13.4. The van der Waals surface area contributed by atoms with Gasteiger partial charge in [-0.25, -0.2) is 15.0 Å². The van der Waals surface area contributed by atoms with Crippen molar-refractivity contribution in [1.29, 1.82) is 0 Å². The highest BCUT2D eigenvalue weighted by Crippen LogP contribution is 2.53. The lowest BCUT2D eigenvalue weighted by Crippen LogP contribution is -2.15. The molecule has 7 aromatic carbocycles. The maximum Gasteiger partial charge on any atom is 0.164 e. The summed E-state index contributed by atoms with van der Waals surface area (Å²) < 4.78 is 12.5. The topological polar surface area (TPSA) is 65.0 Å². The Morgan fingerprint density at radius 2 is 0.962 bits per heavy atom. The van der Waals surface area contributed by atoms with Crippen LogP contribution in [-0.2, 0) is 5.41 Å². The van der Waals surface area contributed by atoms with Crippen LogP contribution in [0.2, 0.25) is 0 Å². The van der Waals surface area contributed by atoms with Crippen molar-refractivity contribution in [2.75, 3.05) is 0 Å². The number of hydrogen-bond acceptors (Lipinski definition) is 5. The summed E-state index contributed by atoms with van der Waals surface area (Å²) in [4.78, 5) is 15.3. The lowest BCUT2D eigenvalue weighted by atomic mass is 9.80. The molecule has 10 aromatic rings. The van der Waals surface area contributed by atoms with Crippen molar-refractivity contribution < 1.29 is 8.83 Å². The van der Waals surface area contributed by atoms with Crippen LogP contribution in [0.15, 0.2) is 160 Å². The molecule has 0 spiro atoms. The van der Waals surface area contributed by atoms with Gasteiger partial charge < -0.3 is 8.83 Å². The van der Waals surface area contributed by atoms with Gasteiger partial charge in [0.15, 0.2) is 17.5 Å². The summed E-state index contributed by atoms with van der Waals surface area (Å²) >= 11 is 0. The van der Waals surface area contributed by atoms with Gasteiger partial charge in [0.1, 0.15) is 22.3 Å². The zero-order valence-electron chi connectivity index (χ0n) is 29.1. The van der Waals surface area contributed by atoms with E-state index in [9.17, 15) is 0 Å². The molecule has 0 bridgehead atoms. The van der Waals surface area contributed by atoms with Crippen LogP contribution in [0.25, 0.3) is 100 Å². The van der Waals surface area contributed by atoms with Gasteiger partial charge in [0.05, 0.1) is 0 Å². The Kier molecular flexibility index (Phi) is 6.23. The first-order chi connectivity index (χ1) is 26.0. The van der Waals surface area contributed by atoms with Crippen LogP contribution in [0.4, 0.5) is 0 Å². The summed E-state index contributed by atoms with van der Waals surface area (Å²) in [6.07, 6.45) is 0. The van der Waals surface area contributed by atoms with Crippen molar-refractivity contribution >= 4 is 43.9 Å². The first-order valence-corrected chi connectivity index (χ1v) is 17.9. The second kappa shape index (κ2) is 11.1. The van der Waals surface area contributed by atoms with Crippen molar-refractivity contribution in [3.63, 3.8) is 0 Å². The SMILES string of the molecule is CC1(C)c2cc(-c3cccc(-c4nc(-c5ccccc5)nc(-c5cccc6oc7ccccc7c56)n4)c3)ccc2-c2ccc3oc4ccccc4c3c21. The number of fused-ring (bicyclic) bond motifs is 10. The van der Waals surface area contributed by atoms with E-state index in [0.29, 0.717) is 17.5 Å². The highest BCUT2D eigenvalue weighted by atomic mass is 16.3. The Morgan fingerprint density at radius 3 is 1.75 bits per heavy atom. The molecule has 250 valence electrons. The minimum atomic E-state index is -0.226. The van der Waals surface area contributed by atoms with Crippen LogP contribution in [0.5, 0.6) is 0 Å². The molecular formula is C48H31N3O2. The molecule has 0 saturated heterocycles. The van der Waals surface area contributed by atoms with Crippen molar-refractivity contribution in [3.8, 4) is 56.4 Å². The van der Waals surface area contributed by atoms with Gasteiger partial charge in [0.25, 0.3) is 0 Å². The molecular weight excluding hydrogens is 651 g/mol. The average molecular weight is 682 g/mol. The summed E-state index contributed by atoms with van der Waals surface area (Å²) in [5, 5.41) is 4.40. The Balaban J connectivity index is 1.05. The standard InChI is InChI=1S/C48H31N3O2/c1-48(2)37-27-30(22-23-32(37)33-24-25-41-43(44(33)48)35-17-7-9-20-39(35)53-41)29-14-10-15-31(26-29)46-49-45(28-12-4-3-5-13-28)50-47(51-46)36-18-11-21-40-42(36)34-16-6-8-19-38(34)52-40/h3-27H,1-2H3. The van der Waals surface area contributed by atoms with Gasteiger partial charge in [0, 0.05) is 43.7 Å². The minimum Gasteiger partial charge on any atom is -0.456 e. The van der Waals surface area contributed by atoms with Gasteiger partial charge in [0.2, 0.25) is 0 Å². The Labute approximate surface area is 305 Å². The molecule has 1 aliphatic rings. The zero-order chi connectivity index (χ0) is 35.3. The Hall–Kier alpha value is -6.85. The van der Waals surface area contributed by atoms with Crippen LogP contribution in [0.3, 0.4) is 0 Å². The Bertz CT molecular complexity index is 3100. The second-order valence-electron chi connectivity index (χ2n) is 14.4. The predicted octanol–water partition coefficient (Wildman–Crippen LogP) is 12.6. The number of nitrogens with zero attached hydrogens (tertiary/aromatic N) is 3. The molecule has 1 aliphatic carbocycles. The largest absolute Gasteiger partial charge is 0.456 e. The molecule has 5 nitrogen and oxygen atoms in total. The molecule has 11 rings (SSSR count). The summed E-state index contributed by atoms with van der Waals surface area (Å²) in [5.74, 6) is 1.84. The quantitative estimate of drug-likeness (QED) is 0.185. The molecule has 3 heterocycles. The fourth-order valence-electron chi connectivity index (χ4n) is 8.44. The molecule has 0 aliphatic heterocycles. The molecule has 0 N–H and O–H groups in total. The third-order valence-corrected chi connectivity index (χ3v) is 10.9. The lowest BCUT2D eigenvalue weighted by molar-refractivity contribution is 0.657. The summed E-state index contributed by atoms with van der Waals surface area (Å²) in [6, 6.07) is 52.4. The van der Waals surface area contributed by atoms with Gasteiger partial charge in [-0.1, -0.05) is 129 Å². The number of rotatable bonds is 4. The van der Waals surface area contributed by atoms with Crippen molar-refractivity contribution in [2.45, 2.75) is 19.3 Å². The van der Waals surface area contributed by atoms with E-state index in [1.165, 1.54) is 27.6 Å². The average Bonchev–Trinajstić information content (AvgIpc) is 3.85. The summed E-state index contributed by atoms with van der Waals surface area (Å²) in [7, 11) is 0. The fourth-order valence-corrected chi connectivity index (χ4v) is 8.44. The fraction of sp³-hybridized carbons (Fsp3) is 0.0625. The maximum atomic E-state index is 6.31. The number of hydrogen-bond donors (Lipinski definition) is 0. The van der Waals surface area contributed by atoms with E-state index in [0.717, 1.165) is 66.3 Å². The van der Waals surface area contributed by atoms with Crippen molar-refractivity contribution in [1.82, 2.24) is 15.0 Å². The summed E-state index contributed by atoms with van der Waals surface area (Å²) in [6.45, 7) is 4.67. The molecule has 5 heteroatoms. The van der Waals surface area contributed by atoms with Crippen LogP contribution in [-0.4, -0.2) is 15.0 Å². The smallest absolute Gasteiger partial charge is 0.164 e. The monoisotopic (exact) mass is 681 g/mol. The van der Waals surface area contributed by atoms with Crippen LogP contribution in [0, 0.1) is 0 Å². The van der Waals surface area contributed by atoms with E-state index in [1.54, 1.807) is 0 Å². The van der Waals surface area contributed by atoms with Crippen LogP contribution in [0.1, 0.15) is 25.0 Å². The van der Waals surface area contributed by atoms with Crippen molar-refractivity contribution in [2.24, 2.45) is 0 Å². The van der Waals surface area contributed by atoms with Gasteiger partial charge in [-0.2, -0.15) is 0 Å². The number of para-hydroxylation sites is 2. The number of aromatic nitrogens is 3. The molecule has 0 radical (unpaired) electrons. The molecule has 53 heavy (non-hydrogen) atoms. The third-order valence-electron chi connectivity index (χ3n) is 10.9. The molecule has 0 amide bonds. The highest BCUT2D eigenvalue weighted by Gasteiger charge is 2.38. The number of benzene rings is 7. The van der Waals surface area contributed by atoms with E-state index in [4.69, 9.17) is 23.8 Å². The van der Waals surface area contributed by atoms with E-state index in [-0.39, 0.29) is 5.41 Å². The van der Waals surface area contributed by atoms with E-state index in [1.807, 2.05) is 66.7 Å². The van der Waals surface area contributed by atoms with Gasteiger partial charge in [-0.05, 0) is 69.8 Å². The van der Waals surface area contributed by atoms with Crippen molar-refractivity contribution in [3.05, 3.63) is 163 Å². The molecule has 0 atom stereocenters. The first-order valence-electron chi connectivity index (χ1n) is 17.9. The van der Waals surface area contributed by atoms with E-state index < -0.39 is 0 Å². The zero-order valence-corrected chi connectivity index (χ0v) is 29.1. The Morgan fingerprint density at radius 1 is 0.396 bits per heavy atom. The van der Waals surface area contributed by atoms with Gasteiger partial charge in [-0.3, -0.25) is 0 Å². The predicted molar refractivity (Wildman–Crippen MR) is 214 cm³/mol. The van der Waals surface area contributed by atoms with Gasteiger partial charge >= 0.3 is 0 Å². The third kappa shape index (κ3) is 4.47. The first kappa shape index (κ1) is 29.8. The molecule has 0 unspecified atom stereocenters. The lowest BCUT2D eigenvalue weighted by Gasteiger charge is -2.23. The minimum absolute atomic E-state index is 0.226. The van der Waals surface area contributed by atoms with Crippen LogP contribution >= 0.6 is 0 Å². The van der Waals surface area contributed by atoms with E-state index >= 15 is 0 Å². The molecule has 0 fully saturated rings. The normalized spacial score (nSPS) is 13.2. The van der Waals surface area contributed by atoms with E-state index in [2.05, 4.69) is 98.8 Å². The maximum absolute atomic E-state index is 6.31. The number of furan rings is 2. The molecule has 3 aromatic heterocycles. The highest BCUT2D eigenvalue weighted by molar-refractivity contribution is 6.12. The van der Waals surface area contributed by atoms with Crippen LogP contribution < -0.4 is 0 Å².